The summed E-state index contributed by atoms with van der Waals surface area (Å²) in [6, 6.07) is 16.3. The fraction of sp³-hybridized carbons (Fsp3) is 0.333. The summed E-state index contributed by atoms with van der Waals surface area (Å²) in [5.74, 6) is 1.91. The maximum absolute atomic E-state index is 13.1. The van der Waals surface area contributed by atoms with Crippen LogP contribution in [0.4, 0.5) is 0 Å². The van der Waals surface area contributed by atoms with Gasteiger partial charge < -0.3 is 18.9 Å². The lowest BCUT2D eigenvalue weighted by Gasteiger charge is -2.38. The number of carbonyl (C=O) groups excluding carboxylic acids is 1. The predicted octanol–water partition coefficient (Wildman–Crippen LogP) is 4.95. The molecule has 0 radical (unpaired) electrons. The number of carbonyl (C=O) groups is 1. The molecule has 1 amide bonds. The summed E-state index contributed by atoms with van der Waals surface area (Å²) >= 11 is 0. The van der Waals surface area contributed by atoms with Crippen LogP contribution in [0, 0.1) is 0 Å². The molecule has 3 heterocycles. The minimum atomic E-state index is -0.0749. The molecule has 6 nitrogen and oxygen atoms in total. The van der Waals surface area contributed by atoms with E-state index in [9.17, 15) is 4.79 Å². The molecule has 6 rings (SSSR count). The number of likely N-dealkylation sites (tertiary alicyclic amines) is 1. The zero-order chi connectivity index (χ0) is 22.4. The van der Waals surface area contributed by atoms with Crippen LogP contribution in [0.2, 0.25) is 0 Å². The van der Waals surface area contributed by atoms with Gasteiger partial charge in [0.25, 0.3) is 5.91 Å². The number of ether oxygens (including phenoxy) is 2. The Morgan fingerprint density at radius 2 is 1.91 bits per heavy atom. The molecule has 1 fully saturated rings. The van der Waals surface area contributed by atoms with Crippen LogP contribution in [0.1, 0.15) is 58.6 Å². The van der Waals surface area contributed by atoms with Gasteiger partial charge in [-0.2, -0.15) is 0 Å². The highest BCUT2D eigenvalue weighted by atomic mass is 16.7. The van der Waals surface area contributed by atoms with Crippen molar-refractivity contribution >= 4 is 12.0 Å². The summed E-state index contributed by atoms with van der Waals surface area (Å²) in [4.78, 5) is 15.0. The highest BCUT2D eigenvalue weighted by Crippen LogP contribution is 2.43. The minimum absolute atomic E-state index is 0.0546. The molecule has 1 spiro atoms. The first-order valence-corrected chi connectivity index (χ1v) is 11.5. The molecule has 0 N–H and O–H groups in total. The van der Waals surface area contributed by atoms with E-state index < -0.39 is 0 Å². The average molecular weight is 443 g/mol. The predicted molar refractivity (Wildman–Crippen MR) is 123 cm³/mol. The van der Waals surface area contributed by atoms with Crippen LogP contribution in [0.25, 0.3) is 6.08 Å². The molecule has 33 heavy (non-hydrogen) atoms. The number of hydrogen-bond acceptors (Lipinski definition) is 5. The van der Waals surface area contributed by atoms with E-state index in [1.54, 1.807) is 6.07 Å². The highest BCUT2D eigenvalue weighted by molar-refractivity contribution is 5.91. The molecule has 2 aliphatic heterocycles. The van der Waals surface area contributed by atoms with Crippen molar-refractivity contribution in [2.45, 2.75) is 37.5 Å². The van der Waals surface area contributed by atoms with E-state index in [-0.39, 0.29) is 24.0 Å². The lowest BCUT2D eigenvalue weighted by atomic mass is 9.74. The molecule has 3 aromatic rings. The fourth-order valence-corrected chi connectivity index (χ4v) is 5.28. The third-order valence-electron chi connectivity index (χ3n) is 7.24. The van der Waals surface area contributed by atoms with E-state index in [0.29, 0.717) is 18.8 Å². The molecule has 0 saturated carbocycles. The molecule has 1 saturated heterocycles. The van der Waals surface area contributed by atoms with Crippen LogP contribution in [0.15, 0.2) is 59.1 Å². The number of allylic oxidation sites excluding steroid dienone is 1. The molecule has 2 aromatic carbocycles. The Morgan fingerprint density at radius 1 is 1.09 bits per heavy atom. The van der Waals surface area contributed by atoms with Crippen molar-refractivity contribution < 1.29 is 18.8 Å². The second kappa shape index (κ2) is 7.80. The zero-order valence-corrected chi connectivity index (χ0v) is 18.6. The molecule has 168 valence electrons. The highest BCUT2D eigenvalue weighted by Gasteiger charge is 2.39. The average Bonchev–Trinajstić information content (AvgIpc) is 3.59. The van der Waals surface area contributed by atoms with Crippen LogP contribution in [0.3, 0.4) is 0 Å². The third kappa shape index (κ3) is 3.50. The van der Waals surface area contributed by atoms with E-state index in [2.05, 4.69) is 48.5 Å². The van der Waals surface area contributed by atoms with Crippen LogP contribution in [0.5, 0.6) is 11.5 Å². The van der Waals surface area contributed by atoms with Crippen LogP contribution in [-0.2, 0) is 11.8 Å². The lowest BCUT2D eigenvalue weighted by molar-refractivity contribution is 0.0648. The normalized spacial score (nSPS) is 18.5. The van der Waals surface area contributed by atoms with Crippen molar-refractivity contribution in [1.82, 2.24) is 10.1 Å². The van der Waals surface area contributed by atoms with Crippen LogP contribution < -0.4 is 9.47 Å². The Bertz CT molecular complexity index is 1240. The number of piperidine rings is 1. The van der Waals surface area contributed by atoms with Gasteiger partial charge in [-0.1, -0.05) is 54.6 Å². The van der Waals surface area contributed by atoms with E-state index in [0.717, 1.165) is 42.0 Å². The number of benzene rings is 2. The number of aromatic nitrogens is 1. The molecule has 0 bridgehead atoms. The summed E-state index contributed by atoms with van der Waals surface area (Å²) in [6.45, 7) is 3.77. The van der Waals surface area contributed by atoms with Gasteiger partial charge >= 0.3 is 0 Å². The van der Waals surface area contributed by atoms with Crippen molar-refractivity contribution in [1.29, 1.82) is 0 Å². The number of rotatable bonds is 4. The second-order valence-corrected chi connectivity index (χ2v) is 9.28. The van der Waals surface area contributed by atoms with E-state index >= 15 is 0 Å². The minimum Gasteiger partial charge on any atom is -0.454 e. The van der Waals surface area contributed by atoms with Crippen molar-refractivity contribution in [2.24, 2.45) is 0 Å². The quantitative estimate of drug-likeness (QED) is 0.572. The number of fused-ring (bicyclic) bond motifs is 3. The Kier molecular flexibility index (Phi) is 4.75. The standard InChI is InChI=1S/C27H26N2O4/c1-18(14-19-6-7-23-24(15-19)32-17-31-23)22-16-25(33-28-22)26(30)29-12-10-27(11-13-29)9-8-20-4-2-3-5-21(20)27/h2-9,15-16,18H,10-14,17H2,1H3/t18-/m1/s1. The molecule has 0 unspecified atom stereocenters. The summed E-state index contributed by atoms with van der Waals surface area (Å²) in [5.41, 5.74) is 4.66. The largest absolute Gasteiger partial charge is 0.454 e. The van der Waals surface area contributed by atoms with Crippen molar-refractivity contribution in [3.8, 4) is 11.5 Å². The van der Waals surface area contributed by atoms with Gasteiger partial charge in [0.2, 0.25) is 12.6 Å². The summed E-state index contributed by atoms with van der Waals surface area (Å²) < 4.78 is 16.3. The zero-order valence-electron chi connectivity index (χ0n) is 18.6. The third-order valence-corrected chi connectivity index (χ3v) is 7.24. The molecule has 1 aliphatic carbocycles. The molecular weight excluding hydrogens is 416 g/mol. The van der Waals surface area contributed by atoms with Crippen molar-refractivity contribution in [2.75, 3.05) is 19.9 Å². The second-order valence-electron chi connectivity index (χ2n) is 9.28. The van der Waals surface area contributed by atoms with Gasteiger partial charge in [-0.05, 0) is 48.1 Å². The van der Waals surface area contributed by atoms with E-state index in [1.165, 1.54) is 11.1 Å². The molecule has 6 heteroatoms. The summed E-state index contributed by atoms with van der Waals surface area (Å²) in [6.07, 6.45) is 7.16. The molecule has 1 aromatic heterocycles. The van der Waals surface area contributed by atoms with Crippen molar-refractivity contribution in [3.63, 3.8) is 0 Å². The Labute approximate surface area is 192 Å². The van der Waals surface area contributed by atoms with Gasteiger partial charge in [-0.3, -0.25) is 4.79 Å². The fourth-order valence-electron chi connectivity index (χ4n) is 5.28. The van der Waals surface area contributed by atoms with Crippen LogP contribution in [-0.4, -0.2) is 35.8 Å². The first-order chi connectivity index (χ1) is 16.1. The SMILES string of the molecule is C[C@H](Cc1ccc2c(c1)OCO2)c1cc(C(=O)N2CCC3(C=Cc4ccccc43)CC2)on1. The van der Waals surface area contributed by atoms with Gasteiger partial charge in [0.1, 0.15) is 0 Å². The Morgan fingerprint density at radius 3 is 2.79 bits per heavy atom. The Balaban J connectivity index is 1.11. The van der Waals surface area contributed by atoms with E-state index in [1.807, 2.05) is 23.1 Å². The first kappa shape index (κ1) is 20.1. The number of amides is 1. The number of hydrogen-bond donors (Lipinski definition) is 0. The van der Waals surface area contributed by atoms with Gasteiger partial charge in [0.05, 0.1) is 5.69 Å². The van der Waals surface area contributed by atoms with Crippen LogP contribution >= 0.6 is 0 Å². The monoisotopic (exact) mass is 442 g/mol. The van der Waals surface area contributed by atoms with E-state index in [4.69, 9.17) is 14.0 Å². The summed E-state index contributed by atoms with van der Waals surface area (Å²) in [7, 11) is 0. The number of nitrogens with zero attached hydrogens (tertiary/aromatic N) is 2. The molecular formula is C27H26N2O4. The first-order valence-electron chi connectivity index (χ1n) is 11.5. The molecule has 3 aliphatic rings. The summed E-state index contributed by atoms with van der Waals surface area (Å²) in [5, 5.41) is 4.21. The molecule has 1 atom stereocenters. The maximum Gasteiger partial charge on any atom is 0.292 e. The van der Waals surface area contributed by atoms with Gasteiger partial charge in [-0.25, -0.2) is 0 Å². The lowest BCUT2D eigenvalue weighted by Crippen LogP contribution is -2.43. The van der Waals surface area contributed by atoms with Crippen molar-refractivity contribution in [3.05, 3.63) is 82.8 Å². The smallest absolute Gasteiger partial charge is 0.292 e. The van der Waals surface area contributed by atoms with Gasteiger partial charge in [-0.15, -0.1) is 0 Å². The van der Waals surface area contributed by atoms with Gasteiger partial charge in [0.15, 0.2) is 11.5 Å². The van der Waals surface area contributed by atoms with Gasteiger partial charge in [0, 0.05) is 30.5 Å². The topological polar surface area (TPSA) is 64.8 Å². The Hall–Kier alpha value is -3.54. The maximum atomic E-state index is 13.1.